The lowest BCUT2D eigenvalue weighted by Crippen LogP contribution is -2.43. The third kappa shape index (κ3) is 0.575. The van der Waals surface area contributed by atoms with Gasteiger partial charge in [0.2, 0.25) is 0 Å². The van der Waals surface area contributed by atoms with Gasteiger partial charge in [0.15, 0.2) is 0 Å². The summed E-state index contributed by atoms with van der Waals surface area (Å²) in [6.07, 6.45) is 5.61. The smallest absolute Gasteiger partial charge is 0.0262 e. The van der Waals surface area contributed by atoms with Crippen molar-refractivity contribution >= 4 is 0 Å². The fourth-order valence-electron chi connectivity index (χ4n) is 1.90. The fourth-order valence-corrected chi connectivity index (χ4v) is 1.90. The highest BCUT2D eigenvalue weighted by Crippen LogP contribution is 2.36. The summed E-state index contributed by atoms with van der Waals surface area (Å²) in [5.74, 6) is 1.18. The lowest BCUT2D eigenvalue weighted by molar-refractivity contribution is 0.499. The van der Waals surface area contributed by atoms with E-state index in [9.17, 15) is 0 Å². The topological polar surface area (TPSA) is 52.0 Å². The van der Waals surface area contributed by atoms with E-state index in [1.54, 1.807) is 0 Å². The zero-order valence-electron chi connectivity index (χ0n) is 5.33. The van der Waals surface area contributed by atoms with Crippen molar-refractivity contribution in [2.45, 2.75) is 18.5 Å². The monoisotopic (exact) mass is 124 g/mol. The first-order chi connectivity index (χ1) is 4.29. The van der Waals surface area contributed by atoms with Crippen LogP contribution in [0.2, 0.25) is 0 Å². The minimum atomic E-state index is 0.236. The molecule has 2 aliphatic rings. The van der Waals surface area contributed by atoms with Crippen molar-refractivity contribution in [3.8, 4) is 0 Å². The lowest BCUT2D eigenvalue weighted by Gasteiger charge is -2.19. The van der Waals surface area contributed by atoms with E-state index in [-0.39, 0.29) is 12.1 Å². The Morgan fingerprint density at radius 1 is 1.00 bits per heavy atom. The van der Waals surface area contributed by atoms with E-state index in [0.717, 1.165) is 0 Å². The third-order valence-corrected chi connectivity index (χ3v) is 2.58. The molecule has 0 aromatic heterocycles. The van der Waals surface area contributed by atoms with Gasteiger partial charge in [0, 0.05) is 12.1 Å². The van der Waals surface area contributed by atoms with Crippen LogP contribution in [0.1, 0.15) is 6.42 Å². The normalized spacial score (nSPS) is 54.9. The molecule has 0 amide bonds. The molecule has 4 N–H and O–H groups in total. The van der Waals surface area contributed by atoms with Crippen molar-refractivity contribution in [3.63, 3.8) is 0 Å². The highest BCUT2D eigenvalue weighted by atomic mass is 14.8. The van der Waals surface area contributed by atoms with E-state index >= 15 is 0 Å². The van der Waals surface area contributed by atoms with Crippen molar-refractivity contribution in [3.05, 3.63) is 12.2 Å². The van der Waals surface area contributed by atoms with Gasteiger partial charge in [0.25, 0.3) is 0 Å². The van der Waals surface area contributed by atoms with Crippen LogP contribution in [-0.2, 0) is 0 Å². The van der Waals surface area contributed by atoms with Crippen LogP contribution in [0.15, 0.2) is 12.2 Å². The van der Waals surface area contributed by atoms with Crippen LogP contribution in [-0.4, -0.2) is 12.1 Å². The average molecular weight is 124 g/mol. The minimum Gasteiger partial charge on any atom is -0.326 e. The molecule has 50 valence electrons. The highest BCUT2D eigenvalue weighted by Gasteiger charge is 2.39. The molecule has 2 unspecified atom stereocenters. The summed E-state index contributed by atoms with van der Waals surface area (Å²) in [6.45, 7) is 0. The van der Waals surface area contributed by atoms with Gasteiger partial charge in [-0.15, -0.1) is 0 Å². The van der Waals surface area contributed by atoms with Gasteiger partial charge in [-0.3, -0.25) is 0 Å². The molecular formula is C7H12N2. The van der Waals surface area contributed by atoms with E-state index < -0.39 is 0 Å². The van der Waals surface area contributed by atoms with Gasteiger partial charge in [0.05, 0.1) is 0 Å². The molecule has 0 aromatic carbocycles. The SMILES string of the molecule is N[C@@H]1C2C=CC(C2)[C@@H]1N. The van der Waals surface area contributed by atoms with Crippen LogP contribution in [0.25, 0.3) is 0 Å². The second-order valence-electron chi connectivity index (χ2n) is 3.10. The van der Waals surface area contributed by atoms with Gasteiger partial charge in [0.1, 0.15) is 0 Å². The Bertz CT molecular complexity index is 137. The zero-order valence-corrected chi connectivity index (χ0v) is 5.33. The van der Waals surface area contributed by atoms with Crippen molar-refractivity contribution < 1.29 is 0 Å². The average Bonchev–Trinajstić information content (AvgIpc) is 2.37. The highest BCUT2D eigenvalue weighted by molar-refractivity contribution is 5.17. The Hall–Kier alpha value is -0.340. The molecule has 0 aliphatic heterocycles. The van der Waals surface area contributed by atoms with Crippen molar-refractivity contribution in [1.82, 2.24) is 0 Å². The number of hydrogen-bond donors (Lipinski definition) is 2. The number of hydrogen-bond acceptors (Lipinski definition) is 2. The Morgan fingerprint density at radius 3 is 1.67 bits per heavy atom. The number of rotatable bonds is 0. The summed E-state index contributed by atoms with van der Waals surface area (Å²) in [6, 6.07) is 0.472. The number of nitrogens with two attached hydrogens (primary N) is 2. The molecule has 2 aliphatic carbocycles. The summed E-state index contributed by atoms with van der Waals surface area (Å²) in [5, 5.41) is 0. The van der Waals surface area contributed by atoms with Crippen LogP contribution in [0.5, 0.6) is 0 Å². The van der Waals surface area contributed by atoms with Crippen LogP contribution in [0.4, 0.5) is 0 Å². The van der Waals surface area contributed by atoms with E-state index in [2.05, 4.69) is 12.2 Å². The molecule has 0 saturated heterocycles. The number of fused-ring (bicyclic) bond motifs is 2. The van der Waals surface area contributed by atoms with Gasteiger partial charge in [-0.2, -0.15) is 0 Å². The predicted molar refractivity (Wildman–Crippen MR) is 36.7 cm³/mol. The first-order valence-electron chi connectivity index (χ1n) is 3.48. The molecular weight excluding hydrogens is 112 g/mol. The first-order valence-corrected chi connectivity index (χ1v) is 3.48. The molecule has 0 heterocycles. The van der Waals surface area contributed by atoms with E-state index in [1.165, 1.54) is 6.42 Å². The van der Waals surface area contributed by atoms with E-state index in [0.29, 0.717) is 11.8 Å². The molecule has 2 rings (SSSR count). The summed E-state index contributed by atoms with van der Waals surface area (Å²) in [4.78, 5) is 0. The molecule has 4 atom stereocenters. The summed E-state index contributed by atoms with van der Waals surface area (Å²) in [5.41, 5.74) is 11.6. The maximum absolute atomic E-state index is 5.79. The molecule has 0 aromatic rings. The van der Waals surface area contributed by atoms with Crippen LogP contribution in [0, 0.1) is 11.8 Å². The Balaban J connectivity index is 2.26. The van der Waals surface area contributed by atoms with E-state index in [4.69, 9.17) is 11.5 Å². The second-order valence-corrected chi connectivity index (χ2v) is 3.10. The van der Waals surface area contributed by atoms with Crippen molar-refractivity contribution in [1.29, 1.82) is 0 Å². The molecule has 9 heavy (non-hydrogen) atoms. The quantitative estimate of drug-likeness (QED) is 0.441. The van der Waals surface area contributed by atoms with Crippen LogP contribution >= 0.6 is 0 Å². The fraction of sp³-hybridized carbons (Fsp3) is 0.714. The maximum Gasteiger partial charge on any atom is 0.0262 e. The molecule has 2 heteroatoms. The summed E-state index contributed by atoms with van der Waals surface area (Å²) >= 11 is 0. The third-order valence-electron chi connectivity index (χ3n) is 2.58. The van der Waals surface area contributed by atoms with Crippen molar-refractivity contribution in [2.24, 2.45) is 23.3 Å². The Labute approximate surface area is 54.9 Å². The maximum atomic E-state index is 5.79. The van der Waals surface area contributed by atoms with Crippen LogP contribution in [0.3, 0.4) is 0 Å². The Kier molecular flexibility index (Phi) is 0.957. The molecule has 1 fully saturated rings. The predicted octanol–water partition coefficient (Wildman–Crippen LogP) is -0.153. The first kappa shape index (κ1) is 5.45. The second kappa shape index (κ2) is 1.58. The largest absolute Gasteiger partial charge is 0.326 e. The zero-order chi connectivity index (χ0) is 6.43. The molecule has 2 nitrogen and oxygen atoms in total. The van der Waals surface area contributed by atoms with E-state index in [1.807, 2.05) is 0 Å². The van der Waals surface area contributed by atoms with Gasteiger partial charge in [-0.25, -0.2) is 0 Å². The van der Waals surface area contributed by atoms with Crippen LogP contribution < -0.4 is 11.5 Å². The molecule has 2 bridgehead atoms. The van der Waals surface area contributed by atoms with Gasteiger partial charge in [-0.05, 0) is 18.3 Å². The van der Waals surface area contributed by atoms with Gasteiger partial charge < -0.3 is 11.5 Å². The molecule has 1 saturated carbocycles. The Morgan fingerprint density at radius 2 is 1.44 bits per heavy atom. The van der Waals surface area contributed by atoms with Crippen molar-refractivity contribution in [2.75, 3.05) is 0 Å². The molecule has 0 spiro atoms. The standard InChI is InChI=1S/C7H12N2/c8-6-4-1-2-5(3-4)7(6)9/h1-2,4-7H,3,8-9H2/t4?,5?,6-,7+. The summed E-state index contributed by atoms with van der Waals surface area (Å²) < 4.78 is 0. The lowest BCUT2D eigenvalue weighted by atomic mass is 9.98. The molecule has 0 radical (unpaired) electrons. The summed E-state index contributed by atoms with van der Waals surface area (Å²) in [7, 11) is 0. The van der Waals surface area contributed by atoms with Gasteiger partial charge in [-0.1, -0.05) is 12.2 Å². The minimum absolute atomic E-state index is 0.236. The van der Waals surface area contributed by atoms with Gasteiger partial charge >= 0.3 is 0 Å².